The predicted molar refractivity (Wildman–Crippen MR) is 102 cm³/mol. The smallest absolute Gasteiger partial charge is 0.328 e. The lowest BCUT2D eigenvalue weighted by Gasteiger charge is -2.29. The van der Waals surface area contributed by atoms with Gasteiger partial charge in [-0.2, -0.15) is 0 Å². The molecule has 2 aliphatic rings. The fraction of sp³-hybridized carbons (Fsp3) is 0.286. The molecule has 1 aliphatic carbocycles. The van der Waals surface area contributed by atoms with Gasteiger partial charge in [-0.05, 0) is 42.5 Å². The molecule has 0 aromatic heterocycles. The summed E-state index contributed by atoms with van der Waals surface area (Å²) in [5.74, 6) is -0.487. The molecule has 0 saturated carbocycles. The van der Waals surface area contributed by atoms with Crippen LogP contribution in [0.2, 0.25) is 0 Å². The van der Waals surface area contributed by atoms with Gasteiger partial charge in [-0.25, -0.2) is 4.79 Å². The highest BCUT2D eigenvalue weighted by Crippen LogP contribution is 2.24. The number of benzene rings is 2. The molecule has 4 amide bonds. The van der Waals surface area contributed by atoms with Gasteiger partial charge in [0.1, 0.15) is 0 Å². The number of nitrogens with zero attached hydrogens (tertiary/aromatic N) is 1. The maximum Gasteiger partial charge on any atom is 0.328 e. The summed E-state index contributed by atoms with van der Waals surface area (Å²) in [6.07, 6.45) is 2.87. The maximum atomic E-state index is 12.9. The Morgan fingerprint density at radius 3 is 2.56 bits per heavy atom. The number of imide groups is 1. The molecular weight excluding hydrogens is 342 g/mol. The Morgan fingerprint density at radius 2 is 1.74 bits per heavy atom. The van der Waals surface area contributed by atoms with Crippen LogP contribution < -0.4 is 15.5 Å². The Labute approximate surface area is 157 Å². The number of urea groups is 1. The quantitative estimate of drug-likeness (QED) is 0.879. The minimum absolute atomic E-state index is 0.0669. The van der Waals surface area contributed by atoms with Gasteiger partial charge in [-0.3, -0.25) is 19.8 Å². The number of para-hydroxylation sites is 1. The molecule has 0 bridgehead atoms. The van der Waals surface area contributed by atoms with Crippen LogP contribution in [-0.4, -0.2) is 30.4 Å². The highest BCUT2D eigenvalue weighted by atomic mass is 16.2. The molecule has 0 radical (unpaired) electrons. The summed E-state index contributed by atoms with van der Waals surface area (Å²) in [5, 5.41) is 5.42. The van der Waals surface area contributed by atoms with Crippen LogP contribution in [0.3, 0.4) is 0 Å². The lowest BCUT2D eigenvalue weighted by molar-refractivity contribution is -0.120. The van der Waals surface area contributed by atoms with Crippen LogP contribution in [-0.2, 0) is 17.6 Å². The zero-order chi connectivity index (χ0) is 18.8. The Hall–Kier alpha value is -3.15. The van der Waals surface area contributed by atoms with Crippen molar-refractivity contribution >= 4 is 23.5 Å². The van der Waals surface area contributed by atoms with Gasteiger partial charge in [0.15, 0.2) is 0 Å². The third-order valence-electron chi connectivity index (χ3n) is 5.18. The summed E-state index contributed by atoms with van der Waals surface area (Å²) in [4.78, 5) is 37.9. The molecule has 4 rings (SSSR count). The van der Waals surface area contributed by atoms with Crippen molar-refractivity contribution in [3.8, 4) is 0 Å². The highest BCUT2D eigenvalue weighted by Gasteiger charge is 2.28. The predicted octanol–water partition coefficient (Wildman–Crippen LogP) is 2.42. The van der Waals surface area contributed by atoms with Crippen LogP contribution in [0.25, 0.3) is 0 Å². The van der Waals surface area contributed by atoms with E-state index in [-0.39, 0.29) is 30.8 Å². The van der Waals surface area contributed by atoms with E-state index < -0.39 is 6.03 Å². The van der Waals surface area contributed by atoms with Crippen molar-refractivity contribution in [3.63, 3.8) is 0 Å². The molecule has 0 spiro atoms. The fourth-order valence-corrected chi connectivity index (χ4v) is 3.78. The number of aryl methyl sites for hydroxylation is 1. The van der Waals surface area contributed by atoms with Crippen LogP contribution in [0.4, 0.5) is 10.5 Å². The minimum atomic E-state index is -0.488. The number of carbonyl (C=O) groups is 3. The van der Waals surface area contributed by atoms with Crippen molar-refractivity contribution in [2.45, 2.75) is 31.7 Å². The summed E-state index contributed by atoms with van der Waals surface area (Å²) >= 11 is 0. The molecule has 2 N–H and O–H groups in total. The van der Waals surface area contributed by atoms with Crippen molar-refractivity contribution < 1.29 is 14.4 Å². The van der Waals surface area contributed by atoms with E-state index >= 15 is 0 Å². The second-order valence-electron chi connectivity index (χ2n) is 6.95. The average molecular weight is 363 g/mol. The first-order chi connectivity index (χ1) is 13.1. The fourth-order valence-electron chi connectivity index (χ4n) is 3.78. The SMILES string of the molecule is O=C1CCN(c2ccccc2C(=O)N[C@H]2CCc3ccccc3C2)C(=O)N1. The molecule has 1 heterocycles. The molecule has 1 aliphatic heterocycles. The van der Waals surface area contributed by atoms with Crippen molar-refractivity contribution in [1.29, 1.82) is 0 Å². The maximum absolute atomic E-state index is 12.9. The highest BCUT2D eigenvalue weighted by molar-refractivity contribution is 6.09. The lowest BCUT2D eigenvalue weighted by atomic mass is 9.88. The number of anilines is 1. The molecule has 6 nitrogen and oxygen atoms in total. The average Bonchev–Trinajstić information content (AvgIpc) is 2.68. The number of amides is 4. The molecule has 1 saturated heterocycles. The number of rotatable bonds is 3. The molecular formula is C21H21N3O3. The van der Waals surface area contributed by atoms with E-state index in [1.165, 1.54) is 16.0 Å². The Kier molecular flexibility index (Phi) is 4.62. The van der Waals surface area contributed by atoms with Gasteiger partial charge in [0.25, 0.3) is 5.91 Å². The zero-order valence-electron chi connectivity index (χ0n) is 14.9. The van der Waals surface area contributed by atoms with E-state index in [1.54, 1.807) is 24.3 Å². The van der Waals surface area contributed by atoms with Gasteiger partial charge in [0.2, 0.25) is 5.91 Å². The van der Waals surface area contributed by atoms with Crippen molar-refractivity contribution in [1.82, 2.24) is 10.6 Å². The van der Waals surface area contributed by atoms with E-state index in [9.17, 15) is 14.4 Å². The third-order valence-corrected chi connectivity index (χ3v) is 5.18. The van der Waals surface area contributed by atoms with Crippen LogP contribution in [0.15, 0.2) is 48.5 Å². The monoisotopic (exact) mass is 363 g/mol. The molecule has 27 heavy (non-hydrogen) atoms. The van der Waals surface area contributed by atoms with Gasteiger partial charge in [0, 0.05) is 19.0 Å². The molecule has 2 aromatic rings. The van der Waals surface area contributed by atoms with Crippen LogP contribution in [0, 0.1) is 0 Å². The normalized spacial score (nSPS) is 19.3. The minimum Gasteiger partial charge on any atom is -0.349 e. The van der Waals surface area contributed by atoms with Gasteiger partial charge >= 0.3 is 6.03 Å². The largest absolute Gasteiger partial charge is 0.349 e. The zero-order valence-corrected chi connectivity index (χ0v) is 14.9. The number of hydrogen-bond acceptors (Lipinski definition) is 3. The second-order valence-corrected chi connectivity index (χ2v) is 6.95. The first-order valence-electron chi connectivity index (χ1n) is 9.20. The van der Waals surface area contributed by atoms with E-state index in [0.29, 0.717) is 11.3 Å². The number of nitrogens with one attached hydrogen (secondary N) is 2. The summed E-state index contributed by atoms with van der Waals surface area (Å²) in [7, 11) is 0. The van der Waals surface area contributed by atoms with Crippen molar-refractivity contribution in [3.05, 3.63) is 65.2 Å². The lowest BCUT2D eigenvalue weighted by Crippen LogP contribution is -2.50. The molecule has 0 unspecified atom stereocenters. The molecule has 2 aromatic carbocycles. The van der Waals surface area contributed by atoms with E-state index in [4.69, 9.17) is 0 Å². The first-order valence-corrected chi connectivity index (χ1v) is 9.20. The first kappa shape index (κ1) is 17.3. The summed E-state index contributed by atoms with van der Waals surface area (Å²) in [6, 6.07) is 14.9. The van der Waals surface area contributed by atoms with Crippen LogP contribution in [0.5, 0.6) is 0 Å². The van der Waals surface area contributed by atoms with Crippen molar-refractivity contribution in [2.75, 3.05) is 11.4 Å². The van der Waals surface area contributed by atoms with E-state index in [1.807, 2.05) is 12.1 Å². The number of hydrogen-bond donors (Lipinski definition) is 2. The Morgan fingerprint density at radius 1 is 1.00 bits per heavy atom. The van der Waals surface area contributed by atoms with Gasteiger partial charge in [0.05, 0.1) is 11.3 Å². The van der Waals surface area contributed by atoms with E-state index in [0.717, 1.165) is 19.3 Å². The topological polar surface area (TPSA) is 78.5 Å². The Balaban J connectivity index is 1.52. The van der Waals surface area contributed by atoms with Gasteiger partial charge in [-0.1, -0.05) is 36.4 Å². The van der Waals surface area contributed by atoms with E-state index in [2.05, 4.69) is 22.8 Å². The van der Waals surface area contributed by atoms with Crippen LogP contribution >= 0.6 is 0 Å². The number of fused-ring (bicyclic) bond motifs is 1. The molecule has 138 valence electrons. The third kappa shape index (κ3) is 3.56. The molecule has 6 heteroatoms. The standard InChI is InChI=1S/C21H21N3O3/c25-19-11-12-24(21(27)23-19)18-8-4-3-7-17(18)20(26)22-16-10-9-14-5-1-2-6-15(14)13-16/h1-8,16H,9-13H2,(H,22,26)(H,23,25,27)/t16-/m0/s1. The summed E-state index contributed by atoms with van der Waals surface area (Å²) < 4.78 is 0. The van der Waals surface area contributed by atoms with Crippen LogP contribution in [0.1, 0.15) is 34.3 Å². The van der Waals surface area contributed by atoms with Gasteiger partial charge < -0.3 is 5.32 Å². The molecule has 1 atom stereocenters. The number of carbonyl (C=O) groups excluding carboxylic acids is 3. The summed E-state index contributed by atoms with van der Waals surface area (Å²) in [6.45, 7) is 0.270. The van der Waals surface area contributed by atoms with Gasteiger partial charge in [-0.15, -0.1) is 0 Å². The molecule has 1 fully saturated rings. The summed E-state index contributed by atoms with van der Waals surface area (Å²) in [5.41, 5.74) is 3.59. The van der Waals surface area contributed by atoms with Crippen molar-refractivity contribution in [2.24, 2.45) is 0 Å². The second kappa shape index (κ2) is 7.23. The Bertz CT molecular complexity index is 909.